The number of ether oxygens (including phenoxy) is 1. The van der Waals surface area contributed by atoms with Crippen LogP contribution in [0.1, 0.15) is 40.5 Å². The van der Waals surface area contributed by atoms with Gasteiger partial charge in [0.15, 0.2) is 17.2 Å². The summed E-state index contributed by atoms with van der Waals surface area (Å²) in [4.78, 5) is 30.2. The predicted molar refractivity (Wildman–Crippen MR) is 81.8 cm³/mol. The lowest BCUT2D eigenvalue weighted by atomic mass is 9.88. The quantitative estimate of drug-likeness (QED) is 0.878. The highest BCUT2D eigenvalue weighted by Crippen LogP contribution is 2.42. The Kier molecular flexibility index (Phi) is 3.76. The van der Waals surface area contributed by atoms with Gasteiger partial charge in [0.05, 0.1) is 0 Å². The van der Waals surface area contributed by atoms with Crippen LogP contribution in [-0.4, -0.2) is 33.1 Å². The van der Waals surface area contributed by atoms with Crippen LogP contribution in [0.15, 0.2) is 12.1 Å². The summed E-state index contributed by atoms with van der Waals surface area (Å²) in [6, 6.07) is 3.17. The molecule has 1 aliphatic rings. The lowest BCUT2D eigenvalue weighted by Crippen LogP contribution is -2.64. The maximum absolute atomic E-state index is 12.8. The molecule has 0 fully saturated rings. The summed E-state index contributed by atoms with van der Waals surface area (Å²) < 4.78 is 5.68. The molecule has 2 rings (SSSR count). The van der Waals surface area contributed by atoms with E-state index >= 15 is 0 Å². The summed E-state index contributed by atoms with van der Waals surface area (Å²) in [7, 11) is 0. The number of hydrogen-bond acceptors (Lipinski definition) is 5. The summed E-state index contributed by atoms with van der Waals surface area (Å²) in [6.45, 7) is 6.69. The number of carbonyl (C=O) groups is 2. The van der Waals surface area contributed by atoms with Crippen LogP contribution in [0.3, 0.4) is 0 Å². The van der Waals surface area contributed by atoms with Crippen molar-refractivity contribution in [2.75, 3.05) is 10.6 Å². The van der Waals surface area contributed by atoms with Gasteiger partial charge in [0, 0.05) is 0 Å². The van der Waals surface area contributed by atoms with Gasteiger partial charge in [0.2, 0.25) is 0 Å². The molecule has 0 spiro atoms. The van der Waals surface area contributed by atoms with E-state index in [2.05, 4.69) is 4.98 Å². The second-order valence-corrected chi connectivity index (χ2v) is 5.85. The van der Waals surface area contributed by atoms with Gasteiger partial charge in [-0.2, -0.15) is 0 Å². The van der Waals surface area contributed by atoms with Crippen LogP contribution < -0.4 is 15.4 Å². The fraction of sp³-hybridized carbons (Fsp3) is 0.533. The molecular formula is C15H21N3O4. The molecule has 0 aliphatic carbocycles. The Hall–Kier alpha value is -2.31. The molecule has 22 heavy (non-hydrogen) atoms. The number of carbonyl (C=O) groups excluding carboxylic acids is 1. The van der Waals surface area contributed by atoms with E-state index in [1.54, 1.807) is 39.8 Å². The second-order valence-electron chi connectivity index (χ2n) is 5.85. The number of amides is 1. The number of nitrogens with two attached hydrogens (primary N) is 1. The van der Waals surface area contributed by atoms with E-state index in [1.165, 1.54) is 4.90 Å². The van der Waals surface area contributed by atoms with E-state index in [1.807, 2.05) is 0 Å². The molecule has 0 radical (unpaired) electrons. The minimum Gasteiger partial charge on any atom is -0.479 e. The average molecular weight is 307 g/mol. The SMILES string of the molecule is CCC(CC)(C(=O)O)N1C(=O)C(C)(C)Oc2ccc(N)nc21. The highest BCUT2D eigenvalue weighted by atomic mass is 16.5. The van der Waals surface area contributed by atoms with Gasteiger partial charge in [-0.25, -0.2) is 9.78 Å². The molecule has 1 aromatic heterocycles. The van der Waals surface area contributed by atoms with Crippen molar-refractivity contribution >= 4 is 23.5 Å². The topological polar surface area (TPSA) is 106 Å². The monoisotopic (exact) mass is 307 g/mol. The fourth-order valence-corrected chi connectivity index (χ4v) is 2.74. The van der Waals surface area contributed by atoms with Crippen LogP contribution in [-0.2, 0) is 9.59 Å². The number of nitrogens with zero attached hydrogens (tertiary/aromatic N) is 2. The number of fused-ring (bicyclic) bond motifs is 1. The first-order valence-electron chi connectivity index (χ1n) is 7.23. The zero-order valence-electron chi connectivity index (χ0n) is 13.2. The molecule has 3 N–H and O–H groups in total. The van der Waals surface area contributed by atoms with Crippen molar-refractivity contribution in [3.05, 3.63) is 12.1 Å². The Morgan fingerprint density at radius 3 is 2.50 bits per heavy atom. The van der Waals surface area contributed by atoms with E-state index in [4.69, 9.17) is 10.5 Å². The molecule has 1 aliphatic heterocycles. The lowest BCUT2D eigenvalue weighted by molar-refractivity contribution is -0.148. The van der Waals surface area contributed by atoms with Crippen molar-refractivity contribution in [2.24, 2.45) is 0 Å². The summed E-state index contributed by atoms with van der Waals surface area (Å²) in [5.74, 6) is -0.795. The smallest absolute Gasteiger partial charge is 0.330 e. The van der Waals surface area contributed by atoms with Gasteiger partial charge in [-0.3, -0.25) is 9.69 Å². The molecule has 2 heterocycles. The molecule has 0 saturated heterocycles. The van der Waals surface area contributed by atoms with Crippen LogP contribution in [0.5, 0.6) is 5.75 Å². The number of aromatic nitrogens is 1. The van der Waals surface area contributed by atoms with E-state index in [0.717, 1.165) is 0 Å². The number of aliphatic carboxylic acids is 1. The van der Waals surface area contributed by atoms with Gasteiger partial charge in [-0.05, 0) is 38.8 Å². The fourth-order valence-electron chi connectivity index (χ4n) is 2.74. The number of carboxylic acids is 1. The molecule has 0 atom stereocenters. The second kappa shape index (κ2) is 5.15. The van der Waals surface area contributed by atoms with Crippen LogP contribution in [0.4, 0.5) is 11.6 Å². The first-order valence-corrected chi connectivity index (χ1v) is 7.23. The van der Waals surface area contributed by atoms with E-state index in [0.29, 0.717) is 5.75 Å². The lowest BCUT2D eigenvalue weighted by Gasteiger charge is -2.46. The predicted octanol–water partition coefficient (Wildman–Crippen LogP) is 1.81. The van der Waals surface area contributed by atoms with Gasteiger partial charge in [0.1, 0.15) is 11.4 Å². The van der Waals surface area contributed by atoms with Gasteiger partial charge < -0.3 is 15.6 Å². The molecule has 0 unspecified atom stereocenters. The maximum atomic E-state index is 12.8. The van der Waals surface area contributed by atoms with E-state index in [9.17, 15) is 14.7 Å². The Labute approximate surface area is 129 Å². The minimum absolute atomic E-state index is 0.162. The standard InChI is InChI=1S/C15H21N3O4/c1-5-15(6-2,13(20)21)18-11-9(7-8-10(16)17-11)22-14(3,4)12(18)19/h7-8H,5-6H2,1-4H3,(H2,16,17)(H,20,21). The number of pyridine rings is 1. The van der Waals surface area contributed by atoms with Crippen LogP contribution in [0.2, 0.25) is 0 Å². The first kappa shape index (κ1) is 16.1. The molecule has 7 nitrogen and oxygen atoms in total. The van der Waals surface area contributed by atoms with Gasteiger partial charge in [0.25, 0.3) is 5.91 Å². The molecule has 0 aromatic carbocycles. The van der Waals surface area contributed by atoms with E-state index < -0.39 is 23.0 Å². The van der Waals surface area contributed by atoms with Gasteiger partial charge in [-0.1, -0.05) is 13.8 Å². The molecule has 1 aromatic rings. The van der Waals surface area contributed by atoms with Crippen molar-refractivity contribution < 1.29 is 19.4 Å². The molecule has 1 amide bonds. The first-order chi connectivity index (χ1) is 10.2. The minimum atomic E-state index is -1.38. The highest BCUT2D eigenvalue weighted by molar-refractivity contribution is 6.07. The number of carboxylic acid groups (broad SMARTS) is 1. The largest absolute Gasteiger partial charge is 0.479 e. The Morgan fingerprint density at radius 2 is 2.00 bits per heavy atom. The molecular weight excluding hydrogens is 286 g/mol. The summed E-state index contributed by atoms with van der Waals surface area (Å²) in [5, 5.41) is 9.77. The summed E-state index contributed by atoms with van der Waals surface area (Å²) in [6.07, 6.45) is 0.493. The third-order valence-electron chi connectivity index (χ3n) is 4.15. The number of hydrogen-bond donors (Lipinski definition) is 2. The summed E-state index contributed by atoms with van der Waals surface area (Å²) in [5.41, 5.74) is 3.16. The van der Waals surface area contributed by atoms with Crippen LogP contribution >= 0.6 is 0 Å². The van der Waals surface area contributed by atoms with Crippen molar-refractivity contribution in [1.29, 1.82) is 0 Å². The van der Waals surface area contributed by atoms with E-state index in [-0.39, 0.29) is 24.5 Å². The average Bonchev–Trinajstić information content (AvgIpc) is 2.44. The Balaban J connectivity index is 2.74. The third kappa shape index (κ3) is 2.17. The zero-order chi connectivity index (χ0) is 16.7. The number of nitrogen functional groups attached to an aromatic ring is 1. The third-order valence-corrected chi connectivity index (χ3v) is 4.15. The zero-order valence-corrected chi connectivity index (χ0v) is 13.2. The van der Waals surface area contributed by atoms with Crippen molar-refractivity contribution in [2.45, 2.75) is 51.7 Å². The Bertz CT molecular complexity index is 623. The maximum Gasteiger partial charge on any atom is 0.330 e. The van der Waals surface area contributed by atoms with Crippen molar-refractivity contribution in [1.82, 2.24) is 4.98 Å². The number of rotatable bonds is 4. The molecule has 0 bridgehead atoms. The molecule has 7 heteroatoms. The molecule has 0 saturated carbocycles. The van der Waals surface area contributed by atoms with Gasteiger partial charge >= 0.3 is 5.97 Å². The van der Waals surface area contributed by atoms with Crippen LogP contribution in [0, 0.1) is 0 Å². The van der Waals surface area contributed by atoms with Crippen LogP contribution in [0.25, 0.3) is 0 Å². The highest BCUT2D eigenvalue weighted by Gasteiger charge is 2.53. The summed E-state index contributed by atoms with van der Waals surface area (Å²) >= 11 is 0. The normalized spacial score (nSPS) is 16.9. The van der Waals surface area contributed by atoms with Gasteiger partial charge in [-0.15, -0.1) is 0 Å². The van der Waals surface area contributed by atoms with Crippen molar-refractivity contribution in [3.8, 4) is 5.75 Å². The molecule has 120 valence electrons. The number of anilines is 2. The van der Waals surface area contributed by atoms with Crippen molar-refractivity contribution in [3.63, 3.8) is 0 Å². The Morgan fingerprint density at radius 1 is 1.41 bits per heavy atom.